The molecule has 0 aliphatic heterocycles. The van der Waals surface area contributed by atoms with Gasteiger partial charge >= 0.3 is 20.1 Å². The number of nitrogens with zero attached hydrogens (tertiary/aromatic N) is 3. The summed E-state index contributed by atoms with van der Waals surface area (Å²) in [5.74, 6) is 0. The Morgan fingerprint density at radius 2 is 0.879 bits per heavy atom. The summed E-state index contributed by atoms with van der Waals surface area (Å²) in [5.41, 5.74) is 21.5. The summed E-state index contributed by atoms with van der Waals surface area (Å²) in [5, 5.41) is 0. The largest absolute Gasteiger partial charge is 3.00 e. The fourth-order valence-corrected chi connectivity index (χ4v) is 8.46. The molecular weight excluding hydrogens is 979 g/mol. The maximum atomic E-state index is 4.76. The molecule has 66 heavy (non-hydrogen) atoms. The topological polar surface area (TPSA) is 38.7 Å². The number of hydrogen-bond acceptors (Lipinski definition) is 3. The molecule has 0 N–H and O–H groups in total. The van der Waals surface area contributed by atoms with Crippen LogP contribution in [0.2, 0.25) is 0 Å². The van der Waals surface area contributed by atoms with Gasteiger partial charge in [0.2, 0.25) is 0 Å². The average molecular weight is 1030 g/mol. The van der Waals surface area contributed by atoms with E-state index in [9.17, 15) is 0 Å². The van der Waals surface area contributed by atoms with Gasteiger partial charge in [0.05, 0.1) is 0 Å². The van der Waals surface area contributed by atoms with Crippen LogP contribution < -0.4 is 0 Å². The van der Waals surface area contributed by atoms with Crippen molar-refractivity contribution in [3.63, 3.8) is 0 Å². The second kappa shape index (κ2) is 20.6. The number of benzene rings is 7. The Kier molecular flexibility index (Phi) is 13.7. The van der Waals surface area contributed by atoms with Gasteiger partial charge in [-0.2, -0.15) is 0 Å². The van der Waals surface area contributed by atoms with Crippen molar-refractivity contribution in [3.8, 4) is 78.3 Å². The molecular formula is C62H46IrN3. The minimum absolute atomic E-state index is 0. The molecule has 10 rings (SSSR count). The summed E-state index contributed by atoms with van der Waals surface area (Å²) in [4.78, 5) is 13.9. The van der Waals surface area contributed by atoms with Crippen LogP contribution in [0.1, 0.15) is 27.8 Å². The van der Waals surface area contributed by atoms with E-state index < -0.39 is 0 Å². The third kappa shape index (κ3) is 10.4. The molecule has 7 aromatic carbocycles. The van der Waals surface area contributed by atoms with Crippen LogP contribution in [-0.4, -0.2) is 15.0 Å². The average Bonchev–Trinajstić information content (AvgIpc) is 3.38. The van der Waals surface area contributed by atoms with E-state index in [-0.39, 0.29) is 20.1 Å². The van der Waals surface area contributed by atoms with Gasteiger partial charge in [-0.25, -0.2) is 0 Å². The minimum Gasteiger partial charge on any atom is -0.305 e. The van der Waals surface area contributed by atoms with Crippen LogP contribution in [-0.2, 0) is 45.8 Å². The van der Waals surface area contributed by atoms with Crippen molar-refractivity contribution in [2.24, 2.45) is 0 Å². The summed E-state index contributed by atoms with van der Waals surface area (Å²) in [6, 6.07) is 79.5. The zero-order chi connectivity index (χ0) is 43.8. The van der Waals surface area contributed by atoms with Crippen LogP contribution >= 0.6 is 0 Å². The van der Waals surface area contributed by atoms with Crippen LogP contribution in [0, 0.1) is 25.1 Å². The summed E-state index contributed by atoms with van der Waals surface area (Å²) < 4.78 is 0. The van der Waals surface area contributed by atoms with E-state index in [1.165, 1.54) is 50.1 Å². The van der Waals surface area contributed by atoms with Crippen molar-refractivity contribution in [1.29, 1.82) is 0 Å². The SMILES string of the molecule is Cc1ccc(-c2[c-]cc(CCc3cc(CCc4c[c-]c(-c5ccccn5)cc4)cc(-c4ccccc4-c4c[c-]c(-c5cc(-c6ccc(-c7ccccc7)cc6)ccn5)cc4)c3)cc2)nc1.[Ir+3]. The Labute approximate surface area is 402 Å². The van der Waals surface area contributed by atoms with Crippen molar-refractivity contribution in [2.45, 2.75) is 32.6 Å². The standard InChI is InChI=1S/C62H46N3.Ir/c1-44-14-35-61(65-43-44)54-25-21-46(22-26-54)16-18-48-39-47(17-15-45-19-23-53(24-20-45)60-13-7-8-37-63-60)40-57(41-48)59-12-6-5-11-58(59)52-31-33-55(34-32-52)62-42-56(36-38-64-62)51-29-27-50(28-30-51)49-9-3-2-4-10-49;/h2-14,19-23,25,27-33,35-43H,15-18H2,1H3;/q-3;+3. The molecule has 3 aromatic heterocycles. The fraction of sp³-hybridized carbons (Fsp3) is 0.0806. The molecule has 4 heteroatoms. The van der Waals surface area contributed by atoms with Crippen LogP contribution in [0.3, 0.4) is 0 Å². The zero-order valence-electron chi connectivity index (χ0n) is 36.7. The van der Waals surface area contributed by atoms with E-state index in [1.807, 2.05) is 42.9 Å². The Hall–Kier alpha value is -7.36. The van der Waals surface area contributed by atoms with Crippen LogP contribution in [0.25, 0.3) is 78.3 Å². The molecule has 3 heterocycles. The zero-order valence-corrected chi connectivity index (χ0v) is 39.1. The molecule has 0 radical (unpaired) electrons. The third-order valence-corrected chi connectivity index (χ3v) is 12.1. The van der Waals surface area contributed by atoms with Gasteiger partial charge in [-0.15, -0.1) is 101 Å². The normalized spacial score (nSPS) is 10.9. The van der Waals surface area contributed by atoms with Gasteiger partial charge in [0.25, 0.3) is 0 Å². The molecule has 318 valence electrons. The molecule has 0 aliphatic rings. The monoisotopic (exact) mass is 1030 g/mol. The van der Waals surface area contributed by atoms with Gasteiger partial charge in [0, 0.05) is 18.6 Å². The second-order valence-corrected chi connectivity index (χ2v) is 16.6. The number of aromatic nitrogens is 3. The first-order chi connectivity index (χ1) is 32.1. The summed E-state index contributed by atoms with van der Waals surface area (Å²) >= 11 is 0. The van der Waals surface area contributed by atoms with Crippen LogP contribution in [0.4, 0.5) is 0 Å². The van der Waals surface area contributed by atoms with Crippen molar-refractivity contribution < 1.29 is 20.1 Å². The van der Waals surface area contributed by atoms with Crippen molar-refractivity contribution in [1.82, 2.24) is 15.0 Å². The minimum atomic E-state index is 0. The first-order valence-electron chi connectivity index (χ1n) is 22.3. The van der Waals surface area contributed by atoms with Gasteiger partial charge in [0.1, 0.15) is 0 Å². The summed E-state index contributed by atoms with van der Waals surface area (Å²) in [6.45, 7) is 2.06. The van der Waals surface area contributed by atoms with E-state index in [2.05, 4.69) is 205 Å². The second-order valence-electron chi connectivity index (χ2n) is 16.6. The van der Waals surface area contributed by atoms with Gasteiger partial charge in [-0.3, -0.25) is 0 Å². The maximum Gasteiger partial charge on any atom is 3.00 e. The molecule has 0 unspecified atom stereocenters. The quantitative estimate of drug-likeness (QED) is 0.108. The number of hydrogen-bond donors (Lipinski definition) is 0. The molecule has 0 bridgehead atoms. The van der Waals surface area contributed by atoms with E-state index in [1.54, 1.807) is 0 Å². The molecule has 0 saturated heterocycles. The first-order valence-corrected chi connectivity index (χ1v) is 22.3. The molecule has 10 aromatic rings. The van der Waals surface area contributed by atoms with Gasteiger partial charge in [-0.1, -0.05) is 151 Å². The molecule has 0 spiro atoms. The van der Waals surface area contributed by atoms with Gasteiger partial charge in [-0.05, 0) is 99.1 Å². The van der Waals surface area contributed by atoms with E-state index in [4.69, 9.17) is 4.98 Å². The molecule has 3 nitrogen and oxygen atoms in total. The number of rotatable bonds is 13. The first kappa shape index (κ1) is 43.9. The van der Waals surface area contributed by atoms with Crippen molar-refractivity contribution in [2.75, 3.05) is 0 Å². The van der Waals surface area contributed by atoms with E-state index in [0.717, 1.165) is 81.7 Å². The number of pyridine rings is 3. The maximum absolute atomic E-state index is 4.76. The van der Waals surface area contributed by atoms with E-state index >= 15 is 0 Å². The van der Waals surface area contributed by atoms with Crippen LogP contribution in [0.5, 0.6) is 0 Å². The Morgan fingerprint density at radius 1 is 0.348 bits per heavy atom. The molecule has 0 aliphatic carbocycles. The van der Waals surface area contributed by atoms with Crippen molar-refractivity contribution >= 4 is 0 Å². The Bertz CT molecular complexity index is 3150. The molecule has 0 atom stereocenters. The molecule has 0 amide bonds. The summed E-state index contributed by atoms with van der Waals surface area (Å²) in [7, 11) is 0. The Balaban J connectivity index is 0.00000548. The number of aryl methyl sites for hydroxylation is 5. The Morgan fingerprint density at radius 3 is 1.47 bits per heavy atom. The third-order valence-electron chi connectivity index (χ3n) is 12.1. The molecule has 0 saturated carbocycles. The van der Waals surface area contributed by atoms with Gasteiger partial charge in [0.15, 0.2) is 0 Å². The predicted molar refractivity (Wildman–Crippen MR) is 267 cm³/mol. The summed E-state index contributed by atoms with van der Waals surface area (Å²) in [6.07, 6.45) is 9.29. The molecule has 0 fully saturated rings. The van der Waals surface area contributed by atoms with Gasteiger partial charge < -0.3 is 15.0 Å². The van der Waals surface area contributed by atoms with E-state index in [0.29, 0.717) is 0 Å². The fourth-order valence-electron chi connectivity index (χ4n) is 8.46. The smallest absolute Gasteiger partial charge is 0.305 e. The predicted octanol–water partition coefficient (Wildman–Crippen LogP) is 14.8. The van der Waals surface area contributed by atoms with Crippen LogP contribution in [0.15, 0.2) is 213 Å². The van der Waals surface area contributed by atoms with Crippen molar-refractivity contribution in [3.05, 3.63) is 259 Å².